The van der Waals surface area contributed by atoms with Crippen LogP contribution in [0.4, 0.5) is 0 Å². The van der Waals surface area contributed by atoms with Crippen LogP contribution >= 0.6 is 0 Å². The second-order valence-electron chi connectivity index (χ2n) is 21.4. The minimum atomic E-state index is -1.28. The molecule has 0 fully saturated rings. The minimum absolute atomic E-state index is 0.0376. The van der Waals surface area contributed by atoms with Gasteiger partial charge in [0.1, 0.15) is 13.2 Å². The number of unbranched alkanes of at least 4 members (excludes halogenated alkanes) is 18. The third kappa shape index (κ3) is 31.9. The molecule has 0 bridgehead atoms. The molecule has 11 nitrogen and oxygen atoms in total. The van der Waals surface area contributed by atoms with E-state index >= 15 is 0 Å². The van der Waals surface area contributed by atoms with Gasteiger partial charge in [0.25, 0.3) is 0 Å². The monoisotopic (exact) mass is 1030 g/mol. The fourth-order valence-electron chi connectivity index (χ4n) is 9.92. The topological polar surface area (TPSA) is 140 Å². The van der Waals surface area contributed by atoms with Crippen molar-refractivity contribution in [3.8, 4) is 6.07 Å². The lowest BCUT2D eigenvalue weighted by atomic mass is 9.65. The summed E-state index contributed by atoms with van der Waals surface area (Å²) in [6.07, 6.45) is 26.3. The molecule has 420 valence electrons. The molecule has 0 saturated carbocycles. The van der Waals surface area contributed by atoms with Crippen molar-refractivity contribution in [1.29, 1.82) is 5.26 Å². The number of nitriles is 1. The Hall–Kier alpha value is -3.82. The van der Waals surface area contributed by atoms with Crippen LogP contribution in [0.2, 0.25) is 0 Å². The van der Waals surface area contributed by atoms with E-state index in [-0.39, 0.29) is 51.6 Å². The zero-order valence-corrected chi connectivity index (χ0v) is 47.5. The van der Waals surface area contributed by atoms with Crippen LogP contribution in [0.15, 0.2) is 60.7 Å². The zero-order chi connectivity index (χ0) is 53.8. The summed E-state index contributed by atoms with van der Waals surface area (Å²) in [7, 11) is 0. The van der Waals surface area contributed by atoms with Crippen molar-refractivity contribution in [3.05, 3.63) is 71.8 Å². The predicted octanol–water partition coefficient (Wildman–Crippen LogP) is 15.3. The molecule has 5 atom stereocenters. The summed E-state index contributed by atoms with van der Waals surface area (Å²) in [5.41, 5.74) is -0.262. The van der Waals surface area contributed by atoms with E-state index in [1.54, 1.807) is 13.8 Å². The van der Waals surface area contributed by atoms with Crippen LogP contribution < -0.4 is 0 Å². The van der Waals surface area contributed by atoms with Crippen LogP contribution in [0.5, 0.6) is 0 Å². The molecule has 0 amide bonds. The Kier molecular flexibility index (Phi) is 38.8. The van der Waals surface area contributed by atoms with Gasteiger partial charge in [0.05, 0.1) is 81.6 Å². The number of hydrogen-bond acceptors (Lipinski definition) is 11. The normalized spacial score (nSPS) is 14.3. The van der Waals surface area contributed by atoms with Gasteiger partial charge >= 0.3 is 17.9 Å². The highest BCUT2D eigenvalue weighted by molar-refractivity contribution is 5.80. The second-order valence-corrected chi connectivity index (χ2v) is 21.4. The highest BCUT2D eigenvalue weighted by Gasteiger charge is 2.46. The Morgan fingerprint density at radius 3 is 1.43 bits per heavy atom. The van der Waals surface area contributed by atoms with Gasteiger partial charge in [-0.2, -0.15) is 5.26 Å². The van der Waals surface area contributed by atoms with Gasteiger partial charge in [-0.3, -0.25) is 14.4 Å². The summed E-state index contributed by atoms with van der Waals surface area (Å²) in [5, 5.41) is 10.8. The van der Waals surface area contributed by atoms with Gasteiger partial charge in [-0.25, -0.2) is 0 Å². The number of ether oxygens (including phenoxy) is 7. The van der Waals surface area contributed by atoms with E-state index in [2.05, 4.69) is 39.0 Å². The average molecular weight is 1030 g/mol. The van der Waals surface area contributed by atoms with Gasteiger partial charge in [-0.1, -0.05) is 204 Å². The molecule has 0 aliphatic carbocycles. The van der Waals surface area contributed by atoms with E-state index in [1.807, 2.05) is 55.5 Å². The summed E-state index contributed by atoms with van der Waals surface area (Å²) < 4.78 is 40.3. The van der Waals surface area contributed by atoms with Crippen molar-refractivity contribution in [2.45, 2.75) is 215 Å². The average Bonchev–Trinajstić information content (AvgIpc) is 3.41. The van der Waals surface area contributed by atoms with E-state index in [1.165, 1.54) is 96.3 Å². The SMILES string of the molecule is CCCCCCCCCCCCOCCOCCOCCOCCOC(=O)C(C)CC(CC(C)(CC(C)(C#N)CC(CC)c1ccccc1)C(=O)OCc1ccccc1)C(=O)OCCCCCCCCCCCC. The first-order chi connectivity index (χ1) is 36.0. The molecule has 2 aromatic carbocycles. The standard InChI is InChI=1S/C63H103NO10/c1-7-10-12-14-16-18-20-22-24-32-38-68-40-41-69-42-43-70-44-45-71-46-47-73-59(65)54(4)48-58(60(66)72-39-33-25-23-21-19-17-15-13-11-8-2)50-63(6,61(67)74-51-55-34-28-26-29-35-55)52-62(5,53-64)49-56(9-3)57-36-30-27-31-37-57/h26-31,34-37,54,56,58H,7-25,32-33,38-52H2,1-6H3. The van der Waals surface area contributed by atoms with Crippen molar-refractivity contribution < 1.29 is 47.5 Å². The molecule has 0 heterocycles. The van der Waals surface area contributed by atoms with Crippen molar-refractivity contribution in [2.75, 3.05) is 66.1 Å². The molecule has 0 aliphatic heterocycles. The maximum Gasteiger partial charge on any atom is 0.312 e. The Morgan fingerprint density at radius 1 is 0.514 bits per heavy atom. The molecule has 2 rings (SSSR count). The molecule has 0 N–H and O–H groups in total. The molecule has 74 heavy (non-hydrogen) atoms. The van der Waals surface area contributed by atoms with E-state index in [9.17, 15) is 19.6 Å². The quantitative estimate of drug-likeness (QED) is 0.0355. The first kappa shape index (κ1) is 66.3. The maximum absolute atomic E-state index is 14.5. The Balaban J connectivity index is 1.95. The van der Waals surface area contributed by atoms with Gasteiger partial charge in [0.2, 0.25) is 0 Å². The molecule has 0 spiro atoms. The van der Waals surface area contributed by atoms with Gasteiger partial charge in [-0.15, -0.1) is 0 Å². The van der Waals surface area contributed by atoms with Gasteiger partial charge in [0.15, 0.2) is 0 Å². The number of nitrogens with zero attached hydrogens (tertiary/aromatic N) is 1. The van der Waals surface area contributed by atoms with Crippen LogP contribution in [-0.4, -0.2) is 84.0 Å². The smallest absolute Gasteiger partial charge is 0.312 e. The maximum atomic E-state index is 14.5. The van der Waals surface area contributed by atoms with E-state index in [0.717, 1.165) is 56.3 Å². The van der Waals surface area contributed by atoms with Crippen molar-refractivity contribution in [1.82, 2.24) is 0 Å². The Labute approximate surface area is 450 Å². The molecule has 0 saturated heterocycles. The fourth-order valence-corrected chi connectivity index (χ4v) is 9.92. The predicted molar refractivity (Wildman–Crippen MR) is 298 cm³/mol. The molecule has 2 aromatic rings. The van der Waals surface area contributed by atoms with Gasteiger partial charge in [0, 0.05) is 6.61 Å². The minimum Gasteiger partial charge on any atom is -0.465 e. The number of carbonyl (C=O) groups excluding carboxylic acids is 3. The summed E-state index contributed by atoms with van der Waals surface area (Å²) >= 11 is 0. The molecule has 0 aliphatic rings. The van der Waals surface area contributed by atoms with Crippen LogP contribution in [0, 0.1) is 34.0 Å². The summed E-state index contributed by atoms with van der Waals surface area (Å²) in [4.78, 5) is 42.2. The van der Waals surface area contributed by atoms with Crippen molar-refractivity contribution >= 4 is 17.9 Å². The number of benzene rings is 2. The molecule has 0 aromatic heterocycles. The van der Waals surface area contributed by atoms with Gasteiger partial charge in [-0.05, 0) is 75.8 Å². The van der Waals surface area contributed by atoms with Crippen LogP contribution in [-0.2, 0) is 54.1 Å². The van der Waals surface area contributed by atoms with Crippen molar-refractivity contribution in [3.63, 3.8) is 0 Å². The van der Waals surface area contributed by atoms with E-state index in [4.69, 9.17) is 33.2 Å². The molecular weight excluding hydrogens is 931 g/mol. The molecule has 11 heteroatoms. The summed E-state index contributed by atoms with van der Waals surface area (Å²) in [6.45, 7) is 16.1. The van der Waals surface area contributed by atoms with E-state index in [0.29, 0.717) is 46.1 Å². The lowest BCUT2D eigenvalue weighted by Crippen LogP contribution is -2.40. The van der Waals surface area contributed by atoms with E-state index < -0.39 is 40.6 Å². The lowest BCUT2D eigenvalue weighted by molar-refractivity contribution is -0.162. The van der Waals surface area contributed by atoms with Gasteiger partial charge < -0.3 is 33.2 Å². The largest absolute Gasteiger partial charge is 0.465 e. The molecule has 0 radical (unpaired) electrons. The second kappa shape index (κ2) is 43.3. The van der Waals surface area contributed by atoms with Crippen LogP contribution in [0.3, 0.4) is 0 Å². The lowest BCUT2D eigenvalue weighted by Gasteiger charge is -2.37. The number of hydrogen-bond donors (Lipinski definition) is 0. The van der Waals surface area contributed by atoms with Crippen LogP contribution in [0.1, 0.15) is 219 Å². The first-order valence-electron chi connectivity index (χ1n) is 29.3. The molecule has 5 unspecified atom stereocenters. The number of esters is 3. The van der Waals surface area contributed by atoms with Crippen molar-refractivity contribution in [2.24, 2.45) is 22.7 Å². The first-order valence-corrected chi connectivity index (χ1v) is 29.3. The summed E-state index contributed by atoms with van der Waals surface area (Å²) in [6, 6.07) is 22.2. The highest BCUT2D eigenvalue weighted by atomic mass is 16.6. The third-order valence-electron chi connectivity index (χ3n) is 14.3. The highest BCUT2D eigenvalue weighted by Crippen LogP contribution is 2.46. The third-order valence-corrected chi connectivity index (χ3v) is 14.3. The molecular formula is C63H103NO10. The summed E-state index contributed by atoms with van der Waals surface area (Å²) in [5.74, 6) is -2.87. The Bertz CT molecular complexity index is 1720. The zero-order valence-electron chi connectivity index (χ0n) is 47.5. The number of carbonyl (C=O) groups is 3. The Morgan fingerprint density at radius 2 is 0.946 bits per heavy atom. The fraction of sp³-hybridized carbons (Fsp3) is 0.746. The van der Waals surface area contributed by atoms with Crippen LogP contribution in [0.25, 0.3) is 0 Å². The number of rotatable bonds is 49.